The molecule has 27 heavy (non-hydrogen) atoms. The van der Waals surface area contributed by atoms with Crippen LogP contribution in [0.3, 0.4) is 0 Å². The average Bonchev–Trinajstić information content (AvgIpc) is 3.18. The lowest BCUT2D eigenvalue weighted by Gasteiger charge is -2.16. The monoisotopic (exact) mass is 389 g/mol. The Kier molecular flexibility index (Phi) is 7.50. The highest BCUT2D eigenvalue weighted by Gasteiger charge is 2.14. The van der Waals surface area contributed by atoms with Gasteiger partial charge in [0.15, 0.2) is 6.61 Å². The van der Waals surface area contributed by atoms with E-state index in [4.69, 9.17) is 9.47 Å². The average molecular weight is 389 g/mol. The maximum Gasteiger partial charge on any atom is 0.331 e. The van der Waals surface area contributed by atoms with E-state index in [9.17, 15) is 14.4 Å². The van der Waals surface area contributed by atoms with Crippen molar-refractivity contribution in [3.63, 3.8) is 0 Å². The highest BCUT2D eigenvalue weighted by atomic mass is 32.1. The SMILES string of the molecule is COc1cccc(NC(=O)CN(C)C(=O)COC(=O)C=Cc2nccs2)c1. The first-order chi connectivity index (χ1) is 13.0. The van der Waals surface area contributed by atoms with Gasteiger partial charge in [-0.3, -0.25) is 9.59 Å². The maximum absolute atomic E-state index is 12.0. The van der Waals surface area contributed by atoms with Crippen LogP contribution in [0.1, 0.15) is 5.01 Å². The summed E-state index contributed by atoms with van der Waals surface area (Å²) in [4.78, 5) is 40.8. The van der Waals surface area contributed by atoms with E-state index in [-0.39, 0.29) is 12.5 Å². The normalized spacial score (nSPS) is 10.4. The number of carbonyl (C=O) groups excluding carboxylic acids is 3. The fourth-order valence-corrected chi connectivity index (χ4v) is 2.48. The van der Waals surface area contributed by atoms with Gasteiger partial charge in [0, 0.05) is 36.5 Å². The van der Waals surface area contributed by atoms with Crippen LogP contribution in [0.25, 0.3) is 6.08 Å². The van der Waals surface area contributed by atoms with Crippen LogP contribution in [0, 0.1) is 0 Å². The van der Waals surface area contributed by atoms with Crippen LogP contribution in [0.4, 0.5) is 5.69 Å². The molecule has 0 spiro atoms. The van der Waals surface area contributed by atoms with Crippen molar-refractivity contribution < 1.29 is 23.9 Å². The highest BCUT2D eigenvalue weighted by Crippen LogP contribution is 2.16. The van der Waals surface area contributed by atoms with Crippen LogP contribution in [-0.2, 0) is 19.1 Å². The predicted molar refractivity (Wildman–Crippen MR) is 101 cm³/mol. The second-order valence-electron chi connectivity index (χ2n) is 5.34. The van der Waals surface area contributed by atoms with Gasteiger partial charge in [0.25, 0.3) is 5.91 Å². The molecule has 1 aromatic carbocycles. The minimum atomic E-state index is -0.659. The van der Waals surface area contributed by atoms with E-state index < -0.39 is 18.5 Å². The van der Waals surface area contributed by atoms with Gasteiger partial charge in [-0.25, -0.2) is 9.78 Å². The molecule has 1 heterocycles. The number of nitrogens with zero attached hydrogens (tertiary/aromatic N) is 2. The van der Waals surface area contributed by atoms with Crippen molar-refractivity contribution in [2.24, 2.45) is 0 Å². The number of anilines is 1. The summed E-state index contributed by atoms with van der Waals surface area (Å²) in [7, 11) is 2.98. The van der Waals surface area contributed by atoms with Crippen molar-refractivity contribution in [3.8, 4) is 5.75 Å². The van der Waals surface area contributed by atoms with Gasteiger partial charge in [0.05, 0.1) is 13.7 Å². The van der Waals surface area contributed by atoms with Crippen LogP contribution in [0.5, 0.6) is 5.75 Å². The summed E-state index contributed by atoms with van der Waals surface area (Å²) < 4.78 is 9.95. The summed E-state index contributed by atoms with van der Waals surface area (Å²) in [5.41, 5.74) is 0.555. The Morgan fingerprint density at radius 1 is 1.33 bits per heavy atom. The number of likely N-dealkylation sites (N-methyl/N-ethyl adjacent to an activating group) is 1. The molecule has 0 atom stereocenters. The Morgan fingerprint density at radius 3 is 2.85 bits per heavy atom. The minimum absolute atomic E-state index is 0.178. The fourth-order valence-electron chi connectivity index (χ4n) is 1.95. The van der Waals surface area contributed by atoms with E-state index in [0.29, 0.717) is 16.4 Å². The molecule has 2 amide bonds. The van der Waals surface area contributed by atoms with Gasteiger partial charge in [-0.15, -0.1) is 11.3 Å². The van der Waals surface area contributed by atoms with Gasteiger partial charge >= 0.3 is 5.97 Å². The number of benzene rings is 1. The number of esters is 1. The Bertz CT molecular complexity index is 820. The number of amides is 2. The molecule has 0 saturated carbocycles. The molecule has 142 valence electrons. The molecule has 8 nitrogen and oxygen atoms in total. The van der Waals surface area contributed by atoms with Crippen LogP contribution in [0.2, 0.25) is 0 Å². The molecule has 0 aliphatic rings. The molecule has 1 N–H and O–H groups in total. The minimum Gasteiger partial charge on any atom is -0.497 e. The van der Waals surface area contributed by atoms with Crippen molar-refractivity contribution in [2.75, 3.05) is 32.6 Å². The molecule has 2 aromatic rings. The lowest BCUT2D eigenvalue weighted by molar-refractivity contribution is -0.148. The molecule has 0 aliphatic heterocycles. The van der Waals surface area contributed by atoms with Crippen LogP contribution in [0.15, 0.2) is 41.9 Å². The third-order valence-corrected chi connectivity index (χ3v) is 4.05. The number of aromatic nitrogens is 1. The number of methoxy groups -OCH3 is 1. The lowest BCUT2D eigenvalue weighted by atomic mass is 10.3. The molecular weight excluding hydrogens is 370 g/mol. The zero-order valence-electron chi connectivity index (χ0n) is 14.9. The van der Waals surface area contributed by atoms with Gasteiger partial charge in [-0.2, -0.15) is 0 Å². The summed E-state index contributed by atoms with van der Waals surface area (Å²) in [5, 5.41) is 5.10. The largest absolute Gasteiger partial charge is 0.497 e. The molecule has 1 aromatic heterocycles. The van der Waals surface area contributed by atoms with Crippen molar-refractivity contribution in [2.45, 2.75) is 0 Å². The van der Waals surface area contributed by atoms with E-state index in [1.807, 2.05) is 0 Å². The van der Waals surface area contributed by atoms with E-state index in [1.165, 1.54) is 42.5 Å². The van der Waals surface area contributed by atoms with Crippen molar-refractivity contribution in [1.29, 1.82) is 0 Å². The van der Waals surface area contributed by atoms with Gasteiger partial charge in [-0.05, 0) is 18.2 Å². The molecule has 0 unspecified atom stereocenters. The summed E-state index contributed by atoms with van der Waals surface area (Å²) in [6, 6.07) is 6.86. The third-order valence-electron chi connectivity index (χ3n) is 3.31. The molecular formula is C18H19N3O5S. The van der Waals surface area contributed by atoms with Gasteiger partial charge in [-0.1, -0.05) is 6.07 Å². The Hall–Kier alpha value is -3.20. The molecule has 0 radical (unpaired) electrons. The van der Waals surface area contributed by atoms with Crippen molar-refractivity contribution in [1.82, 2.24) is 9.88 Å². The number of carbonyl (C=O) groups is 3. The first-order valence-electron chi connectivity index (χ1n) is 7.90. The number of hydrogen-bond donors (Lipinski definition) is 1. The van der Waals surface area contributed by atoms with E-state index in [1.54, 1.807) is 35.8 Å². The van der Waals surface area contributed by atoms with Crippen molar-refractivity contribution >= 4 is 40.9 Å². The van der Waals surface area contributed by atoms with Crippen LogP contribution < -0.4 is 10.1 Å². The zero-order chi connectivity index (χ0) is 19.6. The Balaban J connectivity index is 1.75. The summed E-state index contributed by atoms with van der Waals surface area (Å²) in [5.74, 6) is -0.927. The first-order valence-corrected chi connectivity index (χ1v) is 8.78. The summed E-state index contributed by atoms with van der Waals surface area (Å²) in [6.45, 7) is -0.632. The second kappa shape index (κ2) is 10.1. The Labute approximate surface area is 160 Å². The molecule has 0 saturated heterocycles. The van der Waals surface area contributed by atoms with Crippen molar-refractivity contribution in [3.05, 3.63) is 46.9 Å². The zero-order valence-corrected chi connectivity index (χ0v) is 15.7. The predicted octanol–water partition coefficient (Wildman–Crippen LogP) is 1.81. The lowest BCUT2D eigenvalue weighted by Crippen LogP contribution is -2.37. The highest BCUT2D eigenvalue weighted by molar-refractivity contribution is 7.10. The number of thiazole rings is 1. The standard InChI is InChI=1S/C18H19N3O5S/c1-21(11-15(22)20-13-4-3-5-14(10-13)25-2)17(23)12-26-18(24)7-6-16-19-8-9-27-16/h3-10H,11-12H2,1-2H3,(H,20,22). The van der Waals surface area contributed by atoms with Crippen LogP contribution in [-0.4, -0.2) is 55.0 Å². The molecule has 0 bridgehead atoms. The van der Waals surface area contributed by atoms with Gasteiger partial charge < -0.3 is 19.7 Å². The topological polar surface area (TPSA) is 97.8 Å². The van der Waals surface area contributed by atoms with Gasteiger partial charge in [0.2, 0.25) is 5.91 Å². The fraction of sp³-hybridized carbons (Fsp3) is 0.222. The van der Waals surface area contributed by atoms with E-state index in [0.717, 1.165) is 0 Å². The second-order valence-corrected chi connectivity index (χ2v) is 6.27. The van der Waals surface area contributed by atoms with E-state index >= 15 is 0 Å². The Morgan fingerprint density at radius 2 is 2.15 bits per heavy atom. The summed E-state index contributed by atoms with van der Waals surface area (Å²) in [6.07, 6.45) is 4.31. The quantitative estimate of drug-likeness (QED) is 0.546. The van der Waals surface area contributed by atoms with Gasteiger partial charge in [0.1, 0.15) is 10.8 Å². The molecule has 0 fully saturated rings. The molecule has 9 heteroatoms. The number of rotatable bonds is 8. The number of nitrogens with one attached hydrogen (secondary N) is 1. The number of ether oxygens (including phenoxy) is 2. The maximum atomic E-state index is 12.0. The molecule has 0 aliphatic carbocycles. The van der Waals surface area contributed by atoms with E-state index in [2.05, 4.69) is 10.3 Å². The number of hydrogen-bond acceptors (Lipinski definition) is 7. The smallest absolute Gasteiger partial charge is 0.331 e. The van der Waals surface area contributed by atoms with Crippen LogP contribution >= 0.6 is 11.3 Å². The first kappa shape index (κ1) is 20.1. The summed E-state index contributed by atoms with van der Waals surface area (Å²) >= 11 is 1.37. The third kappa shape index (κ3) is 6.90. The molecule has 2 rings (SSSR count).